The summed E-state index contributed by atoms with van der Waals surface area (Å²) in [5.41, 5.74) is 0. The molecule has 0 rings (SSSR count). The average Bonchev–Trinajstić information content (AvgIpc) is 2.12. The third-order valence-electron chi connectivity index (χ3n) is 2.38. The van der Waals surface area contributed by atoms with Crippen LogP contribution in [0.1, 0.15) is 39.0 Å². The van der Waals surface area contributed by atoms with Crippen LogP contribution in [-0.4, -0.2) is 32.3 Å². The fraction of sp³-hybridized carbons (Fsp3) is 0.900. The number of nitrogens with one attached hydrogen (secondary N) is 1. The maximum Gasteiger partial charge on any atom is 0.303 e. The van der Waals surface area contributed by atoms with E-state index in [1.165, 1.54) is 0 Å². The van der Waals surface area contributed by atoms with Gasteiger partial charge in [0.25, 0.3) is 0 Å². The zero-order valence-electron chi connectivity index (χ0n) is 9.90. The maximum atomic E-state index is 10.8. The molecule has 0 aliphatic heterocycles. The number of carboxylic acid groups (broad SMARTS) is 1. The first-order valence-electron chi connectivity index (χ1n) is 5.51. The van der Waals surface area contributed by atoms with E-state index in [-0.39, 0.29) is 12.3 Å². The Kier molecular flexibility index (Phi) is 7.33. The van der Waals surface area contributed by atoms with Gasteiger partial charge in [0.2, 0.25) is 10.0 Å². The Labute approximate surface area is 97.3 Å². The molecule has 0 heterocycles. The molecule has 0 aliphatic carbocycles. The van der Waals surface area contributed by atoms with E-state index in [0.29, 0.717) is 19.4 Å². The van der Waals surface area contributed by atoms with Crippen molar-refractivity contribution >= 4 is 16.0 Å². The van der Waals surface area contributed by atoms with Crippen LogP contribution in [0.25, 0.3) is 0 Å². The van der Waals surface area contributed by atoms with Crippen molar-refractivity contribution < 1.29 is 18.3 Å². The number of carbonyl (C=O) groups is 1. The average molecular weight is 251 g/mol. The zero-order valence-corrected chi connectivity index (χ0v) is 10.7. The summed E-state index contributed by atoms with van der Waals surface area (Å²) in [6.45, 7) is 2.43. The summed E-state index contributed by atoms with van der Waals surface area (Å²) < 4.78 is 24.1. The zero-order chi connectivity index (χ0) is 12.6. The second-order valence-corrected chi connectivity index (χ2v) is 5.88. The van der Waals surface area contributed by atoms with Crippen molar-refractivity contribution in [3.8, 4) is 0 Å². The van der Waals surface area contributed by atoms with Gasteiger partial charge in [0, 0.05) is 13.0 Å². The van der Waals surface area contributed by atoms with Crippen molar-refractivity contribution in [3.05, 3.63) is 0 Å². The van der Waals surface area contributed by atoms with E-state index in [1.807, 2.05) is 6.92 Å². The van der Waals surface area contributed by atoms with Crippen molar-refractivity contribution in [3.63, 3.8) is 0 Å². The molecule has 0 aromatic heterocycles. The van der Waals surface area contributed by atoms with Crippen LogP contribution < -0.4 is 4.72 Å². The highest BCUT2D eigenvalue weighted by Gasteiger charge is 2.11. The highest BCUT2D eigenvalue weighted by atomic mass is 32.2. The minimum atomic E-state index is -3.13. The number of hydrogen-bond acceptors (Lipinski definition) is 3. The van der Waals surface area contributed by atoms with E-state index >= 15 is 0 Å². The standard InChI is InChI=1S/C10H21NO4S/c1-3-4-9(5-6-10(12)13)7-8-11-16(2,14)15/h9,11H,3-8H2,1-2H3,(H,12,13). The summed E-state index contributed by atoms with van der Waals surface area (Å²) in [6, 6.07) is 0. The van der Waals surface area contributed by atoms with Gasteiger partial charge >= 0.3 is 5.97 Å². The molecule has 0 bridgehead atoms. The van der Waals surface area contributed by atoms with Crippen molar-refractivity contribution in [2.75, 3.05) is 12.8 Å². The van der Waals surface area contributed by atoms with Crippen LogP contribution in [0, 0.1) is 5.92 Å². The topological polar surface area (TPSA) is 83.5 Å². The highest BCUT2D eigenvalue weighted by Crippen LogP contribution is 2.17. The smallest absolute Gasteiger partial charge is 0.303 e. The van der Waals surface area contributed by atoms with Gasteiger partial charge in [-0.3, -0.25) is 4.79 Å². The molecule has 2 N–H and O–H groups in total. The Morgan fingerprint density at radius 3 is 2.38 bits per heavy atom. The minimum Gasteiger partial charge on any atom is -0.481 e. The largest absolute Gasteiger partial charge is 0.481 e. The summed E-state index contributed by atoms with van der Waals surface area (Å²) in [7, 11) is -3.13. The molecule has 0 aromatic carbocycles. The van der Waals surface area contributed by atoms with Crippen LogP contribution in [0.5, 0.6) is 0 Å². The van der Waals surface area contributed by atoms with E-state index in [9.17, 15) is 13.2 Å². The lowest BCUT2D eigenvalue weighted by atomic mass is 9.95. The number of carboxylic acids is 1. The molecule has 1 unspecified atom stereocenters. The molecule has 96 valence electrons. The summed E-state index contributed by atoms with van der Waals surface area (Å²) >= 11 is 0. The van der Waals surface area contributed by atoms with Gasteiger partial charge < -0.3 is 5.11 Å². The second-order valence-electron chi connectivity index (χ2n) is 4.04. The molecular weight excluding hydrogens is 230 g/mol. The normalized spacial score (nSPS) is 13.6. The molecule has 0 amide bonds. The van der Waals surface area contributed by atoms with Crippen LogP contribution in [0.4, 0.5) is 0 Å². The van der Waals surface area contributed by atoms with E-state index in [4.69, 9.17) is 5.11 Å². The van der Waals surface area contributed by atoms with Crippen molar-refractivity contribution in [1.82, 2.24) is 4.72 Å². The van der Waals surface area contributed by atoms with Gasteiger partial charge in [-0.15, -0.1) is 0 Å². The summed E-state index contributed by atoms with van der Waals surface area (Å²) in [6.07, 6.45) is 4.54. The van der Waals surface area contributed by atoms with E-state index < -0.39 is 16.0 Å². The number of aliphatic carboxylic acids is 1. The molecule has 0 spiro atoms. The van der Waals surface area contributed by atoms with Gasteiger partial charge in [0.05, 0.1) is 6.26 Å². The molecule has 1 atom stereocenters. The quantitative estimate of drug-likeness (QED) is 0.645. The van der Waals surface area contributed by atoms with Crippen LogP contribution in [-0.2, 0) is 14.8 Å². The Balaban J connectivity index is 3.89. The molecule has 0 radical (unpaired) electrons. The number of hydrogen-bond donors (Lipinski definition) is 2. The van der Waals surface area contributed by atoms with Crippen molar-refractivity contribution in [2.45, 2.75) is 39.0 Å². The van der Waals surface area contributed by atoms with Gasteiger partial charge in [0.1, 0.15) is 0 Å². The third kappa shape index (κ3) is 9.92. The Hall–Kier alpha value is -0.620. The van der Waals surface area contributed by atoms with Crippen LogP contribution in [0.3, 0.4) is 0 Å². The van der Waals surface area contributed by atoms with Crippen molar-refractivity contribution in [2.24, 2.45) is 5.92 Å². The lowest BCUT2D eigenvalue weighted by Crippen LogP contribution is -2.24. The predicted octanol–water partition coefficient (Wildman–Crippen LogP) is 1.21. The lowest BCUT2D eigenvalue weighted by Gasteiger charge is -2.14. The molecule has 0 aliphatic rings. The predicted molar refractivity (Wildman–Crippen MR) is 62.7 cm³/mol. The van der Waals surface area contributed by atoms with E-state index in [0.717, 1.165) is 19.1 Å². The molecular formula is C10H21NO4S. The first-order chi connectivity index (χ1) is 7.35. The fourth-order valence-corrected chi connectivity index (χ4v) is 2.11. The first kappa shape index (κ1) is 15.4. The third-order valence-corrected chi connectivity index (χ3v) is 3.11. The van der Waals surface area contributed by atoms with E-state index in [1.54, 1.807) is 0 Å². The van der Waals surface area contributed by atoms with Gasteiger partial charge in [-0.2, -0.15) is 0 Å². The Bertz CT molecular complexity index is 300. The van der Waals surface area contributed by atoms with Crippen molar-refractivity contribution in [1.29, 1.82) is 0 Å². The second kappa shape index (κ2) is 7.62. The molecule has 5 nitrogen and oxygen atoms in total. The monoisotopic (exact) mass is 251 g/mol. The van der Waals surface area contributed by atoms with Crippen LogP contribution >= 0.6 is 0 Å². The summed E-state index contributed by atoms with van der Waals surface area (Å²) in [5.74, 6) is -0.507. The SMILES string of the molecule is CCCC(CCNS(C)(=O)=O)CCC(=O)O. The first-order valence-corrected chi connectivity index (χ1v) is 7.40. The molecule has 6 heteroatoms. The van der Waals surface area contributed by atoms with E-state index in [2.05, 4.69) is 4.72 Å². The maximum absolute atomic E-state index is 10.8. The van der Waals surface area contributed by atoms with Gasteiger partial charge in [0.15, 0.2) is 0 Å². The van der Waals surface area contributed by atoms with Gasteiger partial charge in [-0.05, 0) is 18.8 Å². The molecule has 0 saturated carbocycles. The molecule has 16 heavy (non-hydrogen) atoms. The fourth-order valence-electron chi connectivity index (χ4n) is 1.62. The molecule has 0 saturated heterocycles. The molecule has 0 fully saturated rings. The number of rotatable bonds is 9. The minimum absolute atomic E-state index is 0.156. The summed E-state index contributed by atoms with van der Waals surface area (Å²) in [5, 5.41) is 8.57. The van der Waals surface area contributed by atoms with Gasteiger partial charge in [-0.25, -0.2) is 13.1 Å². The summed E-state index contributed by atoms with van der Waals surface area (Å²) in [4.78, 5) is 10.4. The highest BCUT2D eigenvalue weighted by molar-refractivity contribution is 7.88. The van der Waals surface area contributed by atoms with Gasteiger partial charge in [-0.1, -0.05) is 19.8 Å². The van der Waals surface area contributed by atoms with Crippen LogP contribution in [0.2, 0.25) is 0 Å². The lowest BCUT2D eigenvalue weighted by molar-refractivity contribution is -0.137. The molecule has 0 aromatic rings. The van der Waals surface area contributed by atoms with Crippen LogP contribution in [0.15, 0.2) is 0 Å². The Morgan fingerprint density at radius 2 is 1.94 bits per heavy atom. The number of sulfonamides is 1. The Morgan fingerprint density at radius 1 is 1.31 bits per heavy atom.